The summed E-state index contributed by atoms with van der Waals surface area (Å²) in [6.45, 7) is 7.59. The lowest BCUT2D eigenvalue weighted by atomic mass is 10.0. The third kappa shape index (κ3) is 3.75. The standard InChI is InChI=1S/C18H22ClN3O/c1-18(2,3)21-17(23)13-8-9-22(11-13)16-7-4-12-10-14(19)5-6-15(12)20-16/h4-7,10,13H,8-9,11H2,1-3H3,(H,21,23). The fourth-order valence-corrected chi connectivity index (χ4v) is 3.10. The highest BCUT2D eigenvalue weighted by Crippen LogP contribution is 2.26. The number of carbonyl (C=O) groups is 1. The molecule has 0 spiro atoms. The largest absolute Gasteiger partial charge is 0.356 e. The van der Waals surface area contributed by atoms with Crippen molar-refractivity contribution >= 4 is 34.2 Å². The number of benzene rings is 1. The number of halogens is 1. The number of nitrogens with one attached hydrogen (secondary N) is 1. The van der Waals surface area contributed by atoms with Gasteiger partial charge in [0.15, 0.2) is 0 Å². The highest BCUT2D eigenvalue weighted by Gasteiger charge is 2.30. The van der Waals surface area contributed by atoms with Crippen LogP contribution in [0, 0.1) is 5.92 Å². The second-order valence-electron chi connectivity index (χ2n) is 7.18. The molecule has 0 saturated carbocycles. The van der Waals surface area contributed by atoms with Crippen LogP contribution in [0.4, 0.5) is 5.82 Å². The molecule has 2 aromatic rings. The SMILES string of the molecule is CC(C)(C)NC(=O)C1CCN(c2ccc3cc(Cl)ccc3n2)C1. The van der Waals surface area contributed by atoms with Crippen LogP contribution in [0.15, 0.2) is 30.3 Å². The van der Waals surface area contributed by atoms with Crippen molar-refractivity contribution in [3.63, 3.8) is 0 Å². The zero-order valence-corrected chi connectivity index (χ0v) is 14.5. The number of nitrogens with zero attached hydrogens (tertiary/aromatic N) is 2. The smallest absolute Gasteiger partial charge is 0.225 e. The van der Waals surface area contributed by atoms with Gasteiger partial charge in [0.05, 0.1) is 11.4 Å². The number of hydrogen-bond acceptors (Lipinski definition) is 3. The molecule has 1 aromatic carbocycles. The number of anilines is 1. The van der Waals surface area contributed by atoms with Gasteiger partial charge in [-0.1, -0.05) is 11.6 Å². The summed E-state index contributed by atoms with van der Waals surface area (Å²) in [7, 11) is 0. The Morgan fingerprint density at radius 3 is 2.83 bits per heavy atom. The van der Waals surface area contributed by atoms with Crippen molar-refractivity contribution < 1.29 is 4.79 Å². The molecule has 4 nitrogen and oxygen atoms in total. The Morgan fingerprint density at radius 2 is 2.09 bits per heavy atom. The van der Waals surface area contributed by atoms with Crippen molar-refractivity contribution in [3.05, 3.63) is 35.4 Å². The Bertz CT molecular complexity index is 739. The number of hydrogen-bond donors (Lipinski definition) is 1. The topological polar surface area (TPSA) is 45.2 Å². The van der Waals surface area contributed by atoms with Gasteiger partial charge >= 0.3 is 0 Å². The first-order chi connectivity index (χ1) is 10.8. The maximum absolute atomic E-state index is 12.3. The molecule has 1 atom stereocenters. The van der Waals surface area contributed by atoms with Crippen LogP contribution in [0.3, 0.4) is 0 Å². The highest BCUT2D eigenvalue weighted by atomic mass is 35.5. The fraction of sp³-hybridized carbons (Fsp3) is 0.444. The van der Waals surface area contributed by atoms with E-state index in [0.29, 0.717) is 11.6 Å². The fourth-order valence-electron chi connectivity index (χ4n) is 2.92. The third-order valence-electron chi connectivity index (χ3n) is 4.02. The summed E-state index contributed by atoms with van der Waals surface area (Å²) in [5.74, 6) is 1.08. The number of aromatic nitrogens is 1. The zero-order chi connectivity index (χ0) is 16.6. The molecule has 23 heavy (non-hydrogen) atoms. The first-order valence-corrected chi connectivity index (χ1v) is 8.33. The van der Waals surface area contributed by atoms with E-state index >= 15 is 0 Å². The predicted molar refractivity (Wildman–Crippen MR) is 95.0 cm³/mol. The summed E-state index contributed by atoms with van der Waals surface area (Å²) in [6, 6.07) is 9.73. The molecule has 1 aliphatic heterocycles. The lowest BCUT2D eigenvalue weighted by molar-refractivity contribution is -0.125. The molecule has 1 aromatic heterocycles. The van der Waals surface area contributed by atoms with Crippen molar-refractivity contribution in [2.75, 3.05) is 18.0 Å². The van der Waals surface area contributed by atoms with Crippen LogP contribution in [0.5, 0.6) is 0 Å². The normalized spacial score (nSPS) is 18.4. The Balaban J connectivity index is 1.74. The molecule has 2 heterocycles. The van der Waals surface area contributed by atoms with Crippen molar-refractivity contribution in [2.45, 2.75) is 32.7 Å². The van der Waals surface area contributed by atoms with Crippen molar-refractivity contribution in [1.82, 2.24) is 10.3 Å². The Labute approximate surface area is 141 Å². The van der Waals surface area contributed by atoms with E-state index in [4.69, 9.17) is 16.6 Å². The van der Waals surface area contributed by atoms with Gasteiger partial charge in [-0.15, -0.1) is 0 Å². The van der Waals surface area contributed by atoms with Gasteiger partial charge in [-0.2, -0.15) is 0 Å². The van der Waals surface area contributed by atoms with Gasteiger partial charge in [0.1, 0.15) is 5.82 Å². The molecular formula is C18H22ClN3O. The molecule has 1 amide bonds. The average Bonchev–Trinajstić information content (AvgIpc) is 2.95. The minimum atomic E-state index is -0.190. The predicted octanol–water partition coefficient (Wildman–Crippen LogP) is 3.63. The van der Waals surface area contributed by atoms with Crippen LogP contribution < -0.4 is 10.2 Å². The molecule has 1 N–H and O–H groups in total. The average molecular weight is 332 g/mol. The van der Waals surface area contributed by atoms with Crippen LogP contribution in [-0.4, -0.2) is 29.5 Å². The van der Waals surface area contributed by atoms with E-state index in [1.54, 1.807) is 0 Å². The number of fused-ring (bicyclic) bond motifs is 1. The lowest BCUT2D eigenvalue weighted by Crippen LogP contribution is -2.44. The summed E-state index contributed by atoms with van der Waals surface area (Å²) in [6.07, 6.45) is 0.863. The molecular weight excluding hydrogens is 310 g/mol. The zero-order valence-electron chi connectivity index (χ0n) is 13.8. The van der Waals surface area contributed by atoms with Gasteiger partial charge in [-0.3, -0.25) is 4.79 Å². The molecule has 0 bridgehead atoms. The van der Waals surface area contributed by atoms with Crippen molar-refractivity contribution in [1.29, 1.82) is 0 Å². The lowest BCUT2D eigenvalue weighted by Gasteiger charge is -2.23. The van der Waals surface area contributed by atoms with Crippen molar-refractivity contribution in [2.24, 2.45) is 5.92 Å². The number of amides is 1. The minimum Gasteiger partial charge on any atom is -0.356 e. The molecule has 1 saturated heterocycles. The number of pyridine rings is 1. The van der Waals surface area contributed by atoms with Crippen molar-refractivity contribution in [3.8, 4) is 0 Å². The second kappa shape index (κ2) is 6.00. The van der Waals surface area contributed by atoms with E-state index in [-0.39, 0.29) is 17.4 Å². The van der Waals surface area contributed by atoms with E-state index < -0.39 is 0 Å². The Morgan fingerprint density at radius 1 is 1.30 bits per heavy atom. The first kappa shape index (κ1) is 16.1. The maximum atomic E-state index is 12.3. The first-order valence-electron chi connectivity index (χ1n) is 7.95. The molecule has 0 aliphatic carbocycles. The van der Waals surface area contributed by atoms with Gasteiger partial charge in [-0.05, 0) is 57.5 Å². The molecule has 122 valence electrons. The van der Waals surface area contributed by atoms with E-state index in [9.17, 15) is 4.79 Å². The van der Waals surface area contributed by atoms with Crippen LogP contribution in [0.2, 0.25) is 5.02 Å². The quantitative estimate of drug-likeness (QED) is 0.914. The minimum absolute atomic E-state index is 0.0249. The molecule has 1 aliphatic rings. The number of carbonyl (C=O) groups excluding carboxylic acids is 1. The monoisotopic (exact) mass is 331 g/mol. The van der Waals surface area contributed by atoms with E-state index in [1.165, 1.54) is 0 Å². The van der Waals surface area contributed by atoms with Gasteiger partial charge < -0.3 is 10.2 Å². The van der Waals surface area contributed by atoms with E-state index in [2.05, 4.69) is 10.2 Å². The van der Waals surface area contributed by atoms with Crippen LogP contribution >= 0.6 is 11.6 Å². The van der Waals surface area contributed by atoms with Gasteiger partial charge in [0, 0.05) is 29.0 Å². The maximum Gasteiger partial charge on any atom is 0.225 e. The van der Waals surface area contributed by atoms with Crippen LogP contribution in [0.25, 0.3) is 10.9 Å². The molecule has 1 unspecified atom stereocenters. The summed E-state index contributed by atoms with van der Waals surface area (Å²) < 4.78 is 0. The molecule has 0 radical (unpaired) electrons. The van der Waals surface area contributed by atoms with Crippen LogP contribution in [-0.2, 0) is 4.79 Å². The second-order valence-corrected chi connectivity index (χ2v) is 7.61. The van der Waals surface area contributed by atoms with Crippen LogP contribution in [0.1, 0.15) is 27.2 Å². The Hall–Kier alpha value is -1.81. The van der Waals surface area contributed by atoms with Gasteiger partial charge in [0.2, 0.25) is 5.91 Å². The number of rotatable bonds is 2. The van der Waals surface area contributed by atoms with E-state index in [1.807, 2.05) is 51.1 Å². The van der Waals surface area contributed by atoms with Gasteiger partial charge in [-0.25, -0.2) is 4.98 Å². The summed E-state index contributed by atoms with van der Waals surface area (Å²) >= 11 is 6.01. The summed E-state index contributed by atoms with van der Waals surface area (Å²) in [5, 5.41) is 4.81. The summed E-state index contributed by atoms with van der Waals surface area (Å²) in [5.41, 5.74) is 0.736. The molecule has 5 heteroatoms. The molecule has 3 rings (SSSR count). The molecule has 1 fully saturated rings. The summed E-state index contributed by atoms with van der Waals surface area (Å²) in [4.78, 5) is 19.2. The Kier molecular flexibility index (Phi) is 4.19. The van der Waals surface area contributed by atoms with E-state index in [0.717, 1.165) is 29.7 Å². The third-order valence-corrected chi connectivity index (χ3v) is 4.25. The highest BCUT2D eigenvalue weighted by molar-refractivity contribution is 6.31. The van der Waals surface area contributed by atoms with Gasteiger partial charge in [0.25, 0.3) is 0 Å².